The number of anilines is 1. The first-order valence-electron chi connectivity index (χ1n) is 7.22. The Hall–Kier alpha value is -1.88. The Kier molecular flexibility index (Phi) is 4.43. The van der Waals surface area contributed by atoms with Gasteiger partial charge in [0.1, 0.15) is 5.82 Å². The largest absolute Gasteiger partial charge is 0.322 e. The zero-order valence-corrected chi connectivity index (χ0v) is 13.5. The zero-order valence-electron chi connectivity index (χ0n) is 11.9. The van der Waals surface area contributed by atoms with E-state index in [1.165, 1.54) is 12.1 Å². The fourth-order valence-corrected chi connectivity index (χ4v) is 3.03. The summed E-state index contributed by atoms with van der Waals surface area (Å²) in [6.07, 6.45) is 1.94. The van der Waals surface area contributed by atoms with Crippen LogP contribution in [0.15, 0.2) is 53.0 Å². The Bertz CT molecular complexity index is 657. The second-order valence-electron chi connectivity index (χ2n) is 5.34. The molecule has 0 aromatic heterocycles. The van der Waals surface area contributed by atoms with Crippen molar-refractivity contribution in [2.75, 3.05) is 11.9 Å². The molecule has 2 aromatic carbocycles. The van der Waals surface area contributed by atoms with Crippen LogP contribution in [-0.4, -0.2) is 17.5 Å². The number of nitrogens with zero attached hydrogens (tertiary/aromatic N) is 1. The third kappa shape index (κ3) is 3.30. The van der Waals surface area contributed by atoms with Crippen LogP contribution in [0.5, 0.6) is 0 Å². The van der Waals surface area contributed by atoms with Crippen molar-refractivity contribution in [3.63, 3.8) is 0 Å². The quantitative estimate of drug-likeness (QED) is 0.804. The lowest BCUT2D eigenvalue weighted by Gasteiger charge is -2.25. The topological polar surface area (TPSA) is 32.3 Å². The molecule has 1 heterocycles. The summed E-state index contributed by atoms with van der Waals surface area (Å²) < 4.78 is 13.9. The number of benzene rings is 2. The van der Waals surface area contributed by atoms with Gasteiger partial charge in [-0.05, 0) is 54.8 Å². The van der Waals surface area contributed by atoms with Gasteiger partial charge in [0, 0.05) is 16.7 Å². The van der Waals surface area contributed by atoms with Gasteiger partial charge >= 0.3 is 6.03 Å². The minimum absolute atomic E-state index is 0.0912. The molecule has 1 aliphatic rings. The number of hydrogen-bond donors (Lipinski definition) is 1. The highest BCUT2D eigenvalue weighted by molar-refractivity contribution is 9.10. The fraction of sp³-hybridized carbons (Fsp3) is 0.235. The second-order valence-corrected chi connectivity index (χ2v) is 6.26. The Morgan fingerprint density at radius 1 is 1.14 bits per heavy atom. The highest BCUT2D eigenvalue weighted by Crippen LogP contribution is 2.33. The molecule has 5 heteroatoms. The van der Waals surface area contributed by atoms with Crippen LogP contribution in [0.25, 0.3) is 0 Å². The molecule has 0 saturated carbocycles. The minimum Gasteiger partial charge on any atom is -0.317 e. The van der Waals surface area contributed by atoms with Gasteiger partial charge in [0.2, 0.25) is 0 Å². The smallest absolute Gasteiger partial charge is 0.317 e. The van der Waals surface area contributed by atoms with Crippen LogP contribution in [0.1, 0.15) is 24.4 Å². The molecule has 1 N–H and O–H groups in total. The predicted octanol–water partition coefficient (Wildman–Crippen LogP) is 4.96. The number of rotatable bonds is 2. The number of carbonyl (C=O) groups excluding carboxylic acids is 1. The van der Waals surface area contributed by atoms with Crippen molar-refractivity contribution in [3.8, 4) is 0 Å². The third-order valence-electron chi connectivity index (χ3n) is 3.86. The molecule has 0 spiro atoms. The molecule has 1 atom stereocenters. The number of nitrogens with one attached hydrogen (secondary N) is 1. The number of likely N-dealkylation sites (tertiary alicyclic amines) is 1. The van der Waals surface area contributed by atoms with Crippen molar-refractivity contribution in [1.82, 2.24) is 4.90 Å². The molecule has 22 heavy (non-hydrogen) atoms. The molecule has 3 rings (SSSR count). The Morgan fingerprint density at radius 3 is 2.50 bits per heavy atom. The lowest BCUT2D eigenvalue weighted by atomic mass is 10.1. The normalized spacial score (nSPS) is 17.5. The van der Waals surface area contributed by atoms with Gasteiger partial charge in [0.15, 0.2) is 0 Å². The maximum absolute atomic E-state index is 12.9. The lowest BCUT2D eigenvalue weighted by molar-refractivity contribution is 0.207. The molecule has 0 aliphatic carbocycles. The molecular formula is C17H16BrFN2O. The third-order valence-corrected chi connectivity index (χ3v) is 4.39. The van der Waals surface area contributed by atoms with Crippen molar-refractivity contribution < 1.29 is 9.18 Å². The summed E-state index contributed by atoms with van der Waals surface area (Å²) in [6, 6.07) is 13.8. The number of halogens is 2. The van der Waals surface area contributed by atoms with Gasteiger partial charge in [0.05, 0.1) is 6.04 Å². The first-order chi connectivity index (χ1) is 10.6. The van der Waals surface area contributed by atoms with Crippen LogP contribution in [0.4, 0.5) is 14.9 Å². The van der Waals surface area contributed by atoms with E-state index >= 15 is 0 Å². The Labute approximate surface area is 137 Å². The van der Waals surface area contributed by atoms with Crippen molar-refractivity contribution in [2.45, 2.75) is 18.9 Å². The SMILES string of the molecule is O=C(Nc1ccc(F)cc1)N1CCCC1c1ccc(Br)cc1. The van der Waals surface area contributed by atoms with E-state index in [-0.39, 0.29) is 17.9 Å². The summed E-state index contributed by atoms with van der Waals surface area (Å²) in [5.74, 6) is -0.313. The van der Waals surface area contributed by atoms with E-state index in [9.17, 15) is 9.18 Å². The summed E-state index contributed by atoms with van der Waals surface area (Å²) in [5.41, 5.74) is 1.74. The van der Waals surface area contributed by atoms with E-state index in [1.54, 1.807) is 12.1 Å². The Morgan fingerprint density at radius 2 is 1.82 bits per heavy atom. The van der Waals surface area contributed by atoms with Gasteiger partial charge in [-0.1, -0.05) is 28.1 Å². The van der Waals surface area contributed by atoms with E-state index in [1.807, 2.05) is 29.2 Å². The summed E-state index contributed by atoms with van der Waals surface area (Å²) in [5, 5.41) is 2.83. The average Bonchev–Trinajstić information content (AvgIpc) is 3.00. The van der Waals surface area contributed by atoms with Gasteiger partial charge in [-0.25, -0.2) is 9.18 Å². The first kappa shape index (κ1) is 15.0. The van der Waals surface area contributed by atoms with E-state index in [0.717, 1.165) is 29.4 Å². The van der Waals surface area contributed by atoms with Crippen LogP contribution in [0.3, 0.4) is 0 Å². The molecule has 0 radical (unpaired) electrons. The van der Waals surface area contributed by atoms with Gasteiger partial charge in [-0.3, -0.25) is 0 Å². The standard InChI is InChI=1S/C17H16BrFN2O/c18-13-5-3-12(4-6-13)16-2-1-11-21(16)17(22)20-15-9-7-14(19)8-10-15/h3-10,16H,1-2,11H2,(H,20,22). The molecule has 1 unspecified atom stereocenters. The van der Waals surface area contributed by atoms with E-state index in [2.05, 4.69) is 21.2 Å². The molecular weight excluding hydrogens is 347 g/mol. The van der Waals surface area contributed by atoms with E-state index in [4.69, 9.17) is 0 Å². The van der Waals surface area contributed by atoms with Crippen LogP contribution in [0.2, 0.25) is 0 Å². The highest BCUT2D eigenvalue weighted by Gasteiger charge is 2.29. The molecule has 1 fully saturated rings. The summed E-state index contributed by atoms with van der Waals surface area (Å²) in [7, 11) is 0. The first-order valence-corrected chi connectivity index (χ1v) is 8.01. The number of amides is 2. The maximum atomic E-state index is 12.9. The molecule has 0 bridgehead atoms. The van der Waals surface area contributed by atoms with Crippen molar-refractivity contribution in [1.29, 1.82) is 0 Å². The minimum atomic E-state index is -0.313. The number of hydrogen-bond acceptors (Lipinski definition) is 1. The van der Waals surface area contributed by atoms with Crippen molar-refractivity contribution in [3.05, 3.63) is 64.4 Å². The monoisotopic (exact) mass is 362 g/mol. The van der Waals surface area contributed by atoms with E-state index in [0.29, 0.717) is 5.69 Å². The van der Waals surface area contributed by atoms with Crippen molar-refractivity contribution in [2.24, 2.45) is 0 Å². The highest BCUT2D eigenvalue weighted by atomic mass is 79.9. The predicted molar refractivity (Wildman–Crippen MR) is 88.2 cm³/mol. The van der Waals surface area contributed by atoms with Crippen LogP contribution >= 0.6 is 15.9 Å². The second kappa shape index (κ2) is 6.48. The van der Waals surface area contributed by atoms with Gasteiger partial charge in [0.25, 0.3) is 0 Å². The molecule has 2 amide bonds. The molecule has 3 nitrogen and oxygen atoms in total. The van der Waals surface area contributed by atoms with Gasteiger partial charge < -0.3 is 10.2 Å². The van der Waals surface area contributed by atoms with Gasteiger partial charge in [-0.2, -0.15) is 0 Å². The molecule has 1 saturated heterocycles. The van der Waals surface area contributed by atoms with Crippen LogP contribution in [0, 0.1) is 5.82 Å². The summed E-state index contributed by atoms with van der Waals surface area (Å²) in [6.45, 7) is 0.730. The number of urea groups is 1. The molecule has 114 valence electrons. The van der Waals surface area contributed by atoms with Crippen molar-refractivity contribution >= 4 is 27.6 Å². The number of carbonyl (C=O) groups is 1. The Balaban J connectivity index is 1.73. The maximum Gasteiger partial charge on any atom is 0.322 e. The zero-order chi connectivity index (χ0) is 15.5. The van der Waals surface area contributed by atoms with E-state index < -0.39 is 0 Å². The molecule has 1 aliphatic heterocycles. The summed E-state index contributed by atoms with van der Waals surface area (Å²) >= 11 is 3.42. The summed E-state index contributed by atoms with van der Waals surface area (Å²) in [4.78, 5) is 14.3. The van der Waals surface area contributed by atoms with Gasteiger partial charge in [-0.15, -0.1) is 0 Å². The van der Waals surface area contributed by atoms with Crippen LogP contribution < -0.4 is 5.32 Å². The average molecular weight is 363 g/mol. The molecule has 2 aromatic rings. The fourth-order valence-electron chi connectivity index (χ4n) is 2.77. The van der Waals surface area contributed by atoms with Crippen LogP contribution in [-0.2, 0) is 0 Å². The lowest BCUT2D eigenvalue weighted by Crippen LogP contribution is -2.34.